The topological polar surface area (TPSA) is 47.3 Å². The van der Waals surface area contributed by atoms with E-state index in [1.54, 1.807) is 17.5 Å². The van der Waals surface area contributed by atoms with Crippen molar-refractivity contribution in [1.82, 2.24) is 14.6 Å². The average Bonchev–Trinajstić information content (AvgIpc) is 3.05. The van der Waals surface area contributed by atoms with Gasteiger partial charge in [-0.15, -0.1) is 11.3 Å². The van der Waals surface area contributed by atoms with Crippen molar-refractivity contribution in [2.24, 2.45) is 0 Å². The van der Waals surface area contributed by atoms with E-state index >= 15 is 0 Å². The summed E-state index contributed by atoms with van der Waals surface area (Å²) >= 11 is 12.4. The molecule has 0 bridgehead atoms. The quantitative estimate of drug-likeness (QED) is 0.627. The van der Waals surface area contributed by atoms with Gasteiger partial charge in [-0.1, -0.05) is 17.7 Å². The lowest BCUT2D eigenvalue weighted by Crippen LogP contribution is -2.13. The number of alkyl halides is 3. The van der Waals surface area contributed by atoms with Gasteiger partial charge >= 0.3 is 6.18 Å². The summed E-state index contributed by atoms with van der Waals surface area (Å²) in [7, 11) is 0. The molecule has 0 saturated carbocycles. The molecule has 0 spiro atoms. The molecule has 22 heavy (non-hydrogen) atoms. The molecule has 0 aliphatic carbocycles. The minimum Gasteiger partial charge on any atom is -0.274 e. The fraction of sp³-hybridized carbons (Fsp3) is 0.0833. The van der Waals surface area contributed by atoms with Crippen molar-refractivity contribution in [2.45, 2.75) is 6.18 Å². The van der Waals surface area contributed by atoms with Gasteiger partial charge in [0.25, 0.3) is 5.24 Å². The summed E-state index contributed by atoms with van der Waals surface area (Å²) in [6.07, 6.45) is -4.70. The molecule has 0 aliphatic heterocycles. The lowest BCUT2D eigenvalue weighted by molar-refractivity contribution is -0.142. The van der Waals surface area contributed by atoms with Crippen molar-refractivity contribution in [3.63, 3.8) is 0 Å². The van der Waals surface area contributed by atoms with Crippen LogP contribution in [0, 0.1) is 0 Å². The minimum absolute atomic E-state index is 0.0881. The third-order valence-corrected chi connectivity index (χ3v) is 4.20. The smallest absolute Gasteiger partial charge is 0.274 e. The third-order valence-electron chi connectivity index (χ3n) is 2.78. The van der Waals surface area contributed by atoms with E-state index in [-0.39, 0.29) is 16.4 Å². The maximum atomic E-state index is 13.2. The molecular weight excluding hydrogens is 362 g/mol. The van der Waals surface area contributed by atoms with E-state index in [4.69, 9.17) is 23.2 Å². The van der Waals surface area contributed by atoms with Crippen LogP contribution in [0.4, 0.5) is 13.2 Å². The molecule has 10 heteroatoms. The number of nitrogens with zero attached hydrogens (tertiary/aromatic N) is 3. The van der Waals surface area contributed by atoms with E-state index in [0.717, 1.165) is 6.07 Å². The summed E-state index contributed by atoms with van der Waals surface area (Å²) in [5, 5.41) is 3.86. The number of aromatic nitrogens is 3. The van der Waals surface area contributed by atoms with Crippen LogP contribution in [0.1, 0.15) is 16.2 Å². The Hall–Kier alpha value is -1.64. The zero-order valence-electron chi connectivity index (χ0n) is 10.4. The van der Waals surface area contributed by atoms with Crippen molar-refractivity contribution < 1.29 is 18.0 Å². The van der Waals surface area contributed by atoms with Crippen molar-refractivity contribution in [1.29, 1.82) is 0 Å². The fourth-order valence-electron chi connectivity index (χ4n) is 1.87. The highest BCUT2D eigenvalue weighted by molar-refractivity contribution is 7.13. The highest BCUT2D eigenvalue weighted by atomic mass is 35.5. The van der Waals surface area contributed by atoms with E-state index in [1.165, 1.54) is 11.3 Å². The molecule has 4 nitrogen and oxygen atoms in total. The number of halogens is 5. The van der Waals surface area contributed by atoms with Gasteiger partial charge in [-0.3, -0.25) is 4.79 Å². The molecule has 0 unspecified atom stereocenters. The van der Waals surface area contributed by atoms with Crippen molar-refractivity contribution >= 4 is 45.4 Å². The van der Waals surface area contributed by atoms with Gasteiger partial charge in [0.05, 0.1) is 10.6 Å². The Labute approximate surface area is 135 Å². The minimum atomic E-state index is -4.70. The first-order valence-electron chi connectivity index (χ1n) is 5.69. The van der Waals surface area contributed by atoms with Gasteiger partial charge in [-0.05, 0) is 29.1 Å². The van der Waals surface area contributed by atoms with Gasteiger partial charge in [-0.25, -0.2) is 9.50 Å². The summed E-state index contributed by atoms with van der Waals surface area (Å²) in [5.74, 6) is 0. The van der Waals surface area contributed by atoms with Crippen LogP contribution in [-0.2, 0) is 6.18 Å². The largest absolute Gasteiger partial charge is 0.433 e. The number of rotatable bonds is 2. The second-order valence-electron chi connectivity index (χ2n) is 4.17. The summed E-state index contributed by atoms with van der Waals surface area (Å²) in [6, 6.07) is 4.16. The number of carbonyl (C=O) groups excluding carboxylic acids is 1. The number of carbonyl (C=O) groups is 1. The average molecular weight is 366 g/mol. The van der Waals surface area contributed by atoms with Gasteiger partial charge in [0.1, 0.15) is 5.02 Å². The van der Waals surface area contributed by atoms with Crippen molar-refractivity contribution in [3.8, 4) is 10.6 Å². The van der Waals surface area contributed by atoms with Crippen LogP contribution in [0.25, 0.3) is 16.2 Å². The van der Waals surface area contributed by atoms with Crippen LogP contribution in [0.2, 0.25) is 5.02 Å². The summed E-state index contributed by atoms with van der Waals surface area (Å²) in [5.41, 5.74) is -1.74. The monoisotopic (exact) mass is 365 g/mol. The second-order valence-corrected chi connectivity index (χ2v) is 5.84. The van der Waals surface area contributed by atoms with Crippen LogP contribution in [-0.4, -0.2) is 19.8 Å². The molecule has 0 atom stereocenters. The standard InChI is InChI=1S/C12H4Cl2F3N3OS/c13-8-9(10(14)21)19-20-7(12(15,16)17)4-5(18-11(8)20)6-2-1-3-22-6/h1-4H. The van der Waals surface area contributed by atoms with Crippen molar-refractivity contribution in [2.75, 3.05) is 0 Å². The Kier molecular flexibility index (Phi) is 3.62. The van der Waals surface area contributed by atoms with Gasteiger partial charge in [0.15, 0.2) is 17.0 Å². The summed E-state index contributed by atoms with van der Waals surface area (Å²) < 4.78 is 40.2. The first kappa shape index (κ1) is 15.3. The lowest BCUT2D eigenvalue weighted by atomic mass is 10.2. The number of hydrogen-bond donors (Lipinski definition) is 0. The zero-order valence-corrected chi connectivity index (χ0v) is 12.7. The van der Waals surface area contributed by atoms with Crippen LogP contribution in [0.5, 0.6) is 0 Å². The number of hydrogen-bond acceptors (Lipinski definition) is 4. The van der Waals surface area contributed by atoms with Gasteiger partial charge in [0, 0.05) is 0 Å². The second kappa shape index (κ2) is 5.22. The fourth-order valence-corrected chi connectivity index (χ4v) is 2.98. The van der Waals surface area contributed by atoms with Crippen LogP contribution < -0.4 is 0 Å². The molecule has 0 aliphatic rings. The normalized spacial score (nSPS) is 12.0. The highest BCUT2D eigenvalue weighted by Gasteiger charge is 2.36. The van der Waals surface area contributed by atoms with Crippen molar-refractivity contribution in [3.05, 3.63) is 40.0 Å². The Morgan fingerprint density at radius 3 is 2.64 bits per heavy atom. The van der Waals surface area contributed by atoms with E-state index in [1.807, 2.05) is 0 Å². The molecule has 3 rings (SSSR count). The van der Waals surface area contributed by atoms with E-state index in [2.05, 4.69) is 10.1 Å². The maximum Gasteiger partial charge on any atom is 0.433 e. The van der Waals surface area contributed by atoms with Crippen LogP contribution >= 0.6 is 34.5 Å². The van der Waals surface area contributed by atoms with Gasteiger partial charge in [0.2, 0.25) is 0 Å². The lowest BCUT2D eigenvalue weighted by Gasteiger charge is -2.10. The Morgan fingerprint density at radius 2 is 2.09 bits per heavy atom. The van der Waals surface area contributed by atoms with Gasteiger partial charge in [-0.2, -0.15) is 18.3 Å². The van der Waals surface area contributed by atoms with E-state index in [9.17, 15) is 18.0 Å². The van der Waals surface area contributed by atoms with E-state index in [0.29, 0.717) is 9.39 Å². The first-order valence-corrected chi connectivity index (χ1v) is 7.33. The molecule has 0 aromatic carbocycles. The molecule has 0 saturated heterocycles. The number of thiophene rings is 1. The number of fused-ring (bicyclic) bond motifs is 1. The molecule has 3 aromatic heterocycles. The zero-order chi connectivity index (χ0) is 16.1. The molecule has 0 radical (unpaired) electrons. The molecule has 0 amide bonds. The summed E-state index contributed by atoms with van der Waals surface area (Å²) in [6.45, 7) is 0. The Balaban J connectivity index is 2.39. The van der Waals surface area contributed by atoms with Crippen LogP contribution in [0.15, 0.2) is 23.6 Å². The predicted octanol–water partition coefficient (Wildman–Crippen LogP) is 4.51. The molecule has 0 fully saturated rings. The molecule has 114 valence electrons. The third kappa shape index (κ3) is 2.47. The molecular formula is C12H4Cl2F3N3OS. The first-order chi connectivity index (χ1) is 10.3. The Bertz CT molecular complexity index is 874. The predicted molar refractivity (Wildman–Crippen MR) is 76.5 cm³/mol. The van der Waals surface area contributed by atoms with E-state index < -0.39 is 22.8 Å². The van der Waals surface area contributed by atoms with Crippen LogP contribution in [0.3, 0.4) is 0 Å². The molecule has 3 heterocycles. The molecule has 0 N–H and O–H groups in total. The van der Waals surface area contributed by atoms with Gasteiger partial charge < -0.3 is 0 Å². The SMILES string of the molecule is O=C(Cl)c1nn2c(C(F)(F)F)cc(-c3cccs3)nc2c1Cl. The summed E-state index contributed by atoms with van der Waals surface area (Å²) in [4.78, 5) is 15.8. The molecule has 3 aromatic rings. The maximum absolute atomic E-state index is 13.2. The highest BCUT2D eigenvalue weighted by Crippen LogP contribution is 2.35. The Morgan fingerprint density at radius 1 is 1.36 bits per heavy atom.